The van der Waals surface area contributed by atoms with Gasteiger partial charge in [-0.2, -0.15) is 0 Å². The lowest BCUT2D eigenvalue weighted by Gasteiger charge is -2.03. The van der Waals surface area contributed by atoms with Crippen LogP contribution in [0.25, 0.3) is 0 Å². The minimum atomic E-state index is -0.272. The van der Waals surface area contributed by atoms with Gasteiger partial charge in [0.1, 0.15) is 0 Å². The molecule has 0 aliphatic rings. The fourth-order valence-electron chi connectivity index (χ4n) is 1.52. The highest BCUT2D eigenvalue weighted by molar-refractivity contribution is 5.23. The first kappa shape index (κ1) is 11.2. The third kappa shape index (κ3) is 3.88. The molecule has 2 N–H and O–H groups in total. The first-order chi connectivity index (χ1) is 6.86. The van der Waals surface area contributed by atoms with Crippen LogP contribution in [0.5, 0.6) is 0 Å². The summed E-state index contributed by atoms with van der Waals surface area (Å²) in [7, 11) is 0. The SMILES string of the molecule is NCCCCc1cccc(CCF)c1. The van der Waals surface area contributed by atoms with E-state index in [0.717, 1.165) is 31.4 Å². The van der Waals surface area contributed by atoms with E-state index in [0.29, 0.717) is 6.42 Å². The molecule has 1 aromatic carbocycles. The second kappa shape index (κ2) is 6.55. The number of aryl methyl sites for hydroxylation is 2. The number of nitrogens with two attached hydrogens (primary N) is 1. The third-order valence-corrected chi connectivity index (χ3v) is 2.29. The van der Waals surface area contributed by atoms with Crippen molar-refractivity contribution in [2.75, 3.05) is 13.2 Å². The monoisotopic (exact) mass is 195 g/mol. The smallest absolute Gasteiger partial charge is 0.0934 e. The van der Waals surface area contributed by atoms with E-state index in [9.17, 15) is 4.39 Å². The van der Waals surface area contributed by atoms with Crippen LogP contribution in [0.1, 0.15) is 24.0 Å². The largest absolute Gasteiger partial charge is 0.330 e. The number of hydrogen-bond donors (Lipinski definition) is 1. The van der Waals surface area contributed by atoms with Gasteiger partial charge < -0.3 is 5.73 Å². The first-order valence-corrected chi connectivity index (χ1v) is 5.20. The summed E-state index contributed by atoms with van der Waals surface area (Å²) in [6, 6.07) is 8.17. The first-order valence-electron chi connectivity index (χ1n) is 5.20. The van der Waals surface area contributed by atoms with Gasteiger partial charge >= 0.3 is 0 Å². The summed E-state index contributed by atoms with van der Waals surface area (Å²) in [5.41, 5.74) is 7.81. The van der Waals surface area contributed by atoms with Crippen molar-refractivity contribution in [3.8, 4) is 0 Å². The lowest BCUT2D eigenvalue weighted by molar-refractivity contribution is 0.495. The minimum absolute atomic E-state index is 0.272. The summed E-state index contributed by atoms with van der Waals surface area (Å²) in [6.45, 7) is 0.483. The molecule has 0 heterocycles. The highest BCUT2D eigenvalue weighted by Gasteiger charge is 1.96. The Hall–Kier alpha value is -0.890. The van der Waals surface area contributed by atoms with Crippen molar-refractivity contribution in [2.24, 2.45) is 5.73 Å². The van der Waals surface area contributed by atoms with Gasteiger partial charge in [-0.15, -0.1) is 0 Å². The molecular weight excluding hydrogens is 177 g/mol. The Labute approximate surface area is 85.1 Å². The zero-order valence-electron chi connectivity index (χ0n) is 8.51. The topological polar surface area (TPSA) is 26.0 Å². The normalized spacial score (nSPS) is 10.4. The van der Waals surface area contributed by atoms with E-state index >= 15 is 0 Å². The summed E-state index contributed by atoms with van der Waals surface area (Å²) in [4.78, 5) is 0. The van der Waals surface area contributed by atoms with E-state index in [1.54, 1.807) is 0 Å². The van der Waals surface area contributed by atoms with Gasteiger partial charge in [0.2, 0.25) is 0 Å². The average molecular weight is 195 g/mol. The average Bonchev–Trinajstić information content (AvgIpc) is 2.19. The van der Waals surface area contributed by atoms with Crippen molar-refractivity contribution < 1.29 is 4.39 Å². The Morgan fingerprint density at radius 1 is 1.07 bits per heavy atom. The van der Waals surface area contributed by atoms with Gasteiger partial charge in [-0.25, -0.2) is 0 Å². The summed E-state index contributed by atoms with van der Waals surface area (Å²) in [6.07, 6.45) is 3.77. The lowest BCUT2D eigenvalue weighted by atomic mass is 10.0. The van der Waals surface area contributed by atoms with Crippen molar-refractivity contribution in [3.05, 3.63) is 35.4 Å². The number of halogens is 1. The molecule has 0 amide bonds. The summed E-state index contributed by atoms with van der Waals surface area (Å²) < 4.78 is 12.1. The number of alkyl halides is 1. The van der Waals surface area contributed by atoms with Crippen LogP contribution in [-0.4, -0.2) is 13.2 Å². The molecular formula is C12H18FN. The maximum atomic E-state index is 12.1. The van der Waals surface area contributed by atoms with Crippen LogP contribution in [-0.2, 0) is 12.8 Å². The lowest BCUT2D eigenvalue weighted by Crippen LogP contribution is -1.99. The molecule has 2 heteroatoms. The molecule has 0 atom stereocenters. The maximum Gasteiger partial charge on any atom is 0.0934 e. The van der Waals surface area contributed by atoms with Crippen molar-refractivity contribution in [1.29, 1.82) is 0 Å². The maximum absolute atomic E-state index is 12.1. The van der Waals surface area contributed by atoms with Gasteiger partial charge in [-0.05, 0) is 36.9 Å². The molecule has 1 rings (SSSR count). The molecule has 0 saturated carbocycles. The van der Waals surface area contributed by atoms with E-state index in [-0.39, 0.29) is 6.67 Å². The Kier molecular flexibility index (Phi) is 5.23. The summed E-state index contributed by atoms with van der Waals surface area (Å²) in [5, 5.41) is 0. The van der Waals surface area contributed by atoms with Crippen molar-refractivity contribution in [1.82, 2.24) is 0 Å². The summed E-state index contributed by atoms with van der Waals surface area (Å²) in [5.74, 6) is 0. The predicted octanol–water partition coefficient (Wildman–Crippen LogP) is 2.48. The van der Waals surface area contributed by atoms with Crippen LogP contribution in [0.2, 0.25) is 0 Å². The molecule has 0 fully saturated rings. The van der Waals surface area contributed by atoms with E-state index in [1.807, 2.05) is 12.1 Å². The van der Waals surface area contributed by atoms with Crippen LogP contribution >= 0.6 is 0 Å². The molecule has 0 aliphatic carbocycles. The molecule has 0 spiro atoms. The quantitative estimate of drug-likeness (QED) is 0.693. The van der Waals surface area contributed by atoms with E-state index < -0.39 is 0 Å². The highest BCUT2D eigenvalue weighted by atomic mass is 19.1. The van der Waals surface area contributed by atoms with Gasteiger partial charge in [0, 0.05) is 6.42 Å². The number of unbranched alkanes of at least 4 members (excludes halogenated alkanes) is 1. The summed E-state index contributed by atoms with van der Waals surface area (Å²) >= 11 is 0. The Morgan fingerprint density at radius 2 is 1.79 bits per heavy atom. The fraction of sp³-hybridized carbons (Fsp3) is 0.500. The van der Waals surface area contributed by atoms with Gasteiger partial charge in [0.05, 0.1) is 6.67 Å². The number of benzene rings is 1. The van der Waals surface area contributed by atoms with Crippen molar-refractivity contribution >= 4 is 0 Å². The van der Waals surface area contributed by atoms with E-state index in [1.165, 1.54) is 5.56 Å². The van der Waals surface area contributed by atoms with Gasteiger partial charge in [0.25, 0.3) is 0 Å². The zero-order chi connectivity index (χ0) is 10.2. The van der Waals surface area contributed by atoms with Gasteiger partial charge in [-0.1, -0.05) is 24.3 Å². The minimum Gasteiger partial charge on any atom is -0.330 e. The van der Waals surface area contributed by atoms with Crippen LogP contribution in [0.4, 0.5) is 4.39 Å². The molecule has 14 heavy (non-hydrogen) atoms. The number of rotatable bonds is 6. The van der Waals surface area contributed by atoms with Crippen LogP contribution in [0.15, 0.2) is 24.3 Å². The Balaban J connectivity index is 2.46. The molecule has 0 radical (unpaired) electrons. The molecule has 0 unspecified atom stereocenters. The van der Waals surface area contributed by atoms with Gasteiger partial charge in [-0.3, -0.25) is 4.39 Å². The van der Waals surface area contributed by atoms with E-state index in [4.69, 9.17) is 5.73 Å². The fourth-order valence-corrected chi connectivity index (χ4v) is 1.52. The predicted molar refractivity (Wildman–Crippen MR) is 58.1 cm³/mol. The van der Waals surface area contributed by atoms with Crippen LogP contribution in [0.3, 0.4) is 0 Å². The molecule has 0 bridgehead atoms. The molecule has 0 aromatic heterocycles. The molecule has 78 valence electrons. The van der Waals surface area contributed by atoms with Gasteiger partial charge in [0.15, 0.2) is 0 Å². The molecule has 0 aliphatic heterocycles. The van der Waals surface area contributed by atoms with Crippen LogP contribution < -0.4 is 5.73 Å². The van der Waals surface area contributed by atoms with E-state index in [2.05, 4.69) is 12.1 Å². The van der Waals surface area contributed by atoms with Crippen molar-refractivity contribution in [3.63, 3.8) is 0 Å². The highest BCUT2D eigenvalue weighted by Crippen LogP contribution is 2.09. The number of hydrogen-bond acceptors (Lipinski definition) is 1. The second-order valence-corrected chi connectivity index (χ2v) is 3.50. The molecule has 0 saturated heterocycles. The Bertz CT molecular complexity index is 260. The van der Waals surface area contributed by atoms with Crippen molar-refractivity contribution in [2.45, 2.75) is 25.7 Å². The molecule has 1 nitrogen and oxygen atoms in total. The molecule has 1 aromatic rings. The van der Waals surface area contributed by atoms with Crippen LogP contribution in [0, 0.1) is 0 Å². The Morgan fingerprint density at radius 3 is 2.43 bits per heavy atom. The second-order valence-electron chi connectivity index (χ2n) is 3.50. The zero-order valence-corrected chi connectivity index (χ0v) is 8.51. The third-order valence-electron chi connectivity index (χ3n) is 2.29. The standard InChI is InChI=1S/C12H18FN/c13-8-7-12-6-3-5-11(10-12)4-1-2-9-14/h3,5-6,10H,1-2,4,7-9,14H2.